The third-order valence-electron chi connectivity index (χ3n) is 2.34. The van der Waals surface area contributed by atoms with Crippen molar-refractivity contribution in [3.8, 4) is 0 Å². The lowest BCUT2D eigenvalue weighted by molar-refractivity contribution is -0.121. The van der Waals surface area contributed by atoms with Crippen molar-refractivity contribution in [2.75, 3.05) is 14.1 Å². The monoisotopic (exact) mass is 167 g/mol. The minimum atomic E-state index is -0.123. The van der Waals surface area contributed by atoms with Gasteiger partial charge in [0.25, 0.3) is 0 Å². The molecule has 0 bridgehead atoms. The van der Waals surface area contributed by atoms with Crippen LogP contribution in [0.3, 0.4) is 0 Å². The lowest BCUT2D eigenvalue weighted by atomic mass is 9.90. The third-order valence-corrected chi connectivity index (χ3v) is 2.34. The van der Waals surface area contributed by atoms with Crippen LogP contribution in [-0.4, -0.2) is 24.8 Å². The Kier molecular flexibility index (Phi) is 2.27. The number of carbonyl (C=O) groups excluding carboxylic acids is 1. The molecule has 0 aromatic heterocycles. The smallest absolute Gasteiger partial charge is 0.165 e. The second-order valence-corrected chi connectivity index (χ2v) is 4.33. The van der Waals surface area contributed by atoms with Gasteiger partial charge in [-0.1, -0.05) is 13.8 Å². The number of allylic oxidation sites excluding steroid dienone is 1. The standard InChI is InChI=1S/C10H17NO/c1-10(2)6-5-8(9(10)12)7-11(3)4/h7H,5-6H2,1-4H3. The molecular weight excluding hydrogens is 150 g/mol. The van der Waals surface area contributed by atoms with Crippen LogP contribution in [0.1, 0.15) is 26.7 Å². The summed E-state index contributed by atoms with van der Waals surface area (Å²) >= 11 is 0. The maximum atomic E-state index is 11.7. The molecule has 2 heteroatoms. The topological polar surface area (TPSA) is 20.3 Å². The Balaban J connectivity index is 2.81. The van der Waals surface area contributed by atoms with Crippen molar-refractivity contribution in [1.29, 1.82) is 0 Å². The van der Waals surface area contributed by atoms with Crippen LogP contribution in [0, 0.1) is 5.41 Å². The van der Waals surface area contributed by atoms with E-state index in [1.807, 2.05) is 39.0 Å². The number of nitrogens with zero attached hydrogens (tertiary/aromatic N) is 1. The Labute approximate surface area is 74.2 Å². The Morgan fingerprint density at radius 2 is 2.00 bits per heavy atom. The molecule has 0 atom stereocenters. The third kappa shape index (κ3) is 1.68. The van der Waals surface area contributed by atoms with Crippen LogP contribution in [0.15, 0.2) is 11.8 Å². The average molecular weight is 167 g/mol. The molecule has 0 radical (unpaired) electrons. The van der Waals surface area contributed by atoms with E-state index in [1.54, 1.807) is 0 Å². The van der Waals surface area contributed by atoms with Crippen molar-refractivity contribution >= 4 is 5.78 Å². The minimum absolute atomic E-state index is 0.123. The normalized spacial score (nSPS) is 25.0. The van der Waals surface area contributed by atoms with E-state index in [0.717, 1.165) is 18.4 Å². The SMILES string of the molecule is CN(C)C=C1CCC(C)(C)C1=O. The summed E-state index contributed by atoms with van der Waals surface area (Å²) in [6, 6.07) is 0. The summed E-state index contributed by atoms with van der Waals surface area (Å²) in [4.78, 5) is 13.6. The van der Waals surface area contributed by atoms with Crippen LogP contribution >= 0.6 is 0 Å². The van der Waals surface area contributed by atoms with Crippen LogP contribution in [0.4, 0.5) is 0 Å². The number of Topliss-reactive ketones (excluding diaryl/α,β-unsaturated/α-hetero) is 1. The van der Waals surface area contributed by atoms with Gasteiger partial charge >= 0.3 is 0 Å². The molecule has 68 valence electrons. The number of carbonyl (C=O) groups is 1. The molecule has 1 rings (SSSR count). The van der Waals surface area contributed by atoms with Crippen molar-refractivity contribution in [1.82, 2.24) is 4.90 Å². The molecule has 0 spiro atoms. The highest BCUT2D eigenvalue weighted by Crippen LogP contribution is 2.36. The Bertz CT molecular complexity index is 226. The van der Waals surface area contributed by atoms with Crippen LogP contribution in [0.5, 0.6) is 0 Å². The summed E-state index contributed by atoms with van der Waals surface area (Å²) in [6.07, 6.45) is 3.87. The predicted molar refractivity (Wildman–Crippen MR) is 49.8 cm³/mol. The van der Waals surface area contributed by atoms with Gasteiger partial charge in [-0.3, -0.25) is 4.79 Å². The maximum absolute atomic E-state index is 11.7. The molecule has 1 aliphatic rings. The molecule has 0 aliphatic heterocycles. The van der Waals surface area contributed by atoms with E-state index in [0.29, 0.717) is 5.78 Å². The number of rotatable bonds is 1. The quantitative estimate of drug-likeness (QED) is 0.555. The molecule has 1 fully saturated rings. The fourth-order valence-electron chi connectivity index (χ4n) is 1.54. The molecule has 0 N–H and O–H groups in total. The molecule has 0 unspecified atom stereocenters. The van der Waals surface area contributed by atoms with Crippen LogP contribution in [-0.2, 0) is 4.79 Å². The first kappa shape index (κ1) is 9.30. The van der Waals surface area contributed by atoms with Crippen molar-refractivity contribution in [2.24, 2.45) is 5.41 Å². The van der Waals surface area contributed by atoms with Crippen molar-refractivity contribution in [3.05, 3.63) is 11.8 Å². The van der Waals surface area contributed by atoms with Gasteiger partial charge in [-0.25, -0.2) is 0 Å². The lowest BCUT2D eigenvalue weighted by Crippen LogP contribution is -2.18. The second kappa shape index (κ2) is 2.92. The van der Waals surface area contributed by atoms with Crippen LogP contribution in [0.25, 0.3) is 0 Å². The molecular formula is C10H17NO. The van der Waals surface area contributed by atoms with E-state index in [1.165, 1.54) is 0 Å². The minimum Gasteiger partial charge on any atom is -0.383 e. The molecule has 1 aliphatic carbocycles. The van der Waals surface area contributed by atoms with Gasteiger partial charge < -0.3 is 4.90 Å². The summed E-state index contributed by atoms with van der Waals surface area (Å²) in [6.45, 7) is 4.04. The van der Waals surface area contributed by atoms with E-state index in [4.69, 9.17) is 0 Å². The van der Waals surface area contributed by atoms with Gasteiger partial charge in [0.2, 0.25) is 0 Å². The summed E-state index contributed by atoms with van der Waals surface area (Å²) in [5, 5.41) is 0. The molecule has 0 heterocycles. The number of hydrogen-bond donors (Lipinski definition) is 0. The first-order valence-corrected chi connectivity index (χ1v) is 4.35. The Hall–Kier alpha value is -0.790. The number of hydrogen-bond acceptors (Lipinski definition) is 2. The number of ketones is 1. The van der Waals surface area contributed by atoms with E-state index < -0.39 is 0 Å². The summed E-state index contributed by atoms with van der Waals surface area (Å²) in [7, 11) is 3.90. The first-order valence-electron chi connectivity index (χ1n) is 4.35. The van der Waals surface area contributed by atoms with Gasteiger partial charge in [0.1, 0.15) is 0 Å². The molecule has 12 heavy (non-hydrogen) atoms. The first-order chi connectivity index (χ1) is 5.43. The Morgan fingerprint density at radius 3 is 2.33 bits per heavy atom. The maximum Gasteiger partial charge on any atom is 0.165 e. The molecule has 0 aromatic carbocycles. The van der Waals surface area contributed by atoms with Gasteiger partial charge in [0, 0.05) is 31.3 Å². The lowest BCUT2D eigenvalue weighted by Gasteiger charge is -2.13. The van der Waals surface area contributed by atoms with Gasteiger partial charge in [-0.2, -0.15) is 0 Å². The fourth-order valence-corrected chi connectivity index (χ4v) is 1.54. The zero-order valence-corrected chi connectivity index (χ0v) is 8.35. The van der Waals surface area contributed by atoms with Gasteiger partial charge in [0.05, 0.1) is 0 Å². The summed E-state index contributed by atoms with van der Waals surface area (Å²) < 4.78 is 0. The van der Waals surface area contributed by atoms with Crippen molar-refractivity contribution < 1.29 is 4.79 Å². The fraction of sp³-hybridized carbons (Fsp3) is 0.700. The predicted octanol–water partition coefficient (Wildman–Crippen LogP) is 1.82. The summed E-state index contributed by atoms with van der Waals surface area (Å²) in [5.41, 5.74) is 0.854. The average Bonchev–Trinajstić information content (AvgIpc) is 2.15. The summed E-state index contributed by atoms with van der Waals surface area (Å²) in [5.74, 6) is 0.316. The highest BCUT2D eigenvalue weighted by molar-refractivity contribution is 6.01. The second-order valence-electron chi connectivity index (χ2n) is 4.33. The molecule has 0 aromatic rings. The molecule has 0 amide bonds. The van der Waals surface area contributed by atoms with Gasteiger partial charge in [-0.05, 0) is 12.8 Å². The Morgan fingerprint density at radius 1 is 1.42 bits per heavy atom. The van der Waals surface area contributed by atoms with Crippen LogP contribution in [0.2, 0.25) is 0 Å². The van der Waals surface area contributed by atoms with Crippen molar-refractivity contribution in [3.63, 3.8) is 0 Å². The highest BCUT2D eigenvalue weighted by Gasteiger charge is 2.36. The van der Waals surface area contributed by atoms with Crippen molar-refractivity contribution in [2.45, 2.75) is 26.7 Å². The van der Waals surface area contributed by atoms with Crippen LogP contribution < -0.4 is 0 Å². The molecule has 1 saturated carbocycles. The van der Waals surface area contributed by atoms with E-state index in [-0.39, 0.29) is 5.41 Å². The zero-order chi connectivity index (χ0) is 9.35. The zero-order valence-electron chi connectivity index (χ0n) is 8.35. The van der Waals surface area contributed by atoms with E-state index in [9.17, 15) is 4.79 Å². The van der Waals surface area contributed by atoms with Gasteiger partial charge in [-0.15, -0.1) is 0 Å². The van der Waals surface area contributed by atoms with E-state index in [2.05, 4.69) is 0 Å². The van der Waals surface area contributed by atoms with E-state index >= 15 is 0 Å². The highest BCUT2D eigenvalue weighted by atomic mass is 16.1. The molecule has 0 saturated heterocycles. The largest absolute Gasteiger partial charge is 0.383 e. The molecule has 2 nitrogen and oxygen atoms in total. The van der Waals surface area contributed by atoms with Gasteiger partial charge in [0.15, 0.2) is 5.78 Å².